The highest BCUT2D eigenvalue weighted by Crippen LogP contribution is 2.36. The van der Waals surface area contributed by atoms with Gasteiger partial charge in [-0.1, -0.05) is 29.3 Å². The van der Waals surface area contributed by atoms with Crippen LogP contribution in [0.1, 0.15) is 34.3 Å². The highest BCUT2D eigenvalue weighted by molar-refractivity contribution is 6.10. The predicted octanol–water partition coefficient (Wildman–Crippen LogP) is 4.82. The number of anilines is 2. The lowest BCUT2D eigenvalue weighted by Gasteiger charge is -2.34. The van der Waals surface area contributed by atoms with Gasteiger partial charge in [0, 0.05) is 48.8 Å². The van der Waals surface area contributed by atoms with Crippen LogP contribution in [0.2, 0.25) is 0 Å². The van der Waals surface area contributed by atoms with Crippen LogP contribution in [0.4, 0.5) is 20.2 Å². The number of hydrogen-bond donors (Lipinski definition) is 2. The van der Waals surface area contributed by atoms with Crippen molar-refractivity contribution in [2.45, 2.75) is 32.7 Å². The smallest absolute Gasteiger partial charge is 0.259 e. The van der Waals surface area contributed by atoms with E-state index in [9.17, 15) is 13.6 Å². The summed E-state index contributed by atoms with van der Waals surface area (Å²) >= 11 is 0. The molecule has 0 saturated carbocycles. The number of carbonyl (C=O) groups excluding carboxylic acids is 1. The maximum atomic E-state index is 13.6. The lowest BCUT2D eigenvalue weighted by atomic mass is 9.96. The van der Waals surface area contributed by atoms with Gasteiger partial charge in [-0.3, -0.25) is 9.78 Å². The summed E-state index contributed by atoms with van der Waals surface area (Å²) in [4.78, 5) is 19.7. The summed E-state index contributed by atoms with van der Waals surface area (Å²) in [5, 5.41) is 2.68. The van der Waals surface area contributed by atoms with E-state index in [1.807, 2.05) is 13.8 Å². The molecule has 1 aromatic heterocycles. The first-order valence-electron chi connectivity index (χ1n) is 10.7. The van der Waals surface area contributed by atoms with E-state index in [0.29, 0.717) is 18.7 Å². The summed E-state index contributed by atoms with van der Waals surface area (Å²) in [7, 11) is 0. The normalized spacial score (nSPS) is 14.5. The molecule has 3 aromatic rings. The molecule has 0 unspecified atom stereocenters. The van der Waals surface area contributed by atoms with Gasteiger partial charge in [0.15, 0.2) is 11.6 Å². The Bertz CT molecular complexity index is 1140. The summed E-state index contributed by atoms with van der Waals surface area (Å²) in [6.45, 7) is 5.50. The van der Waals surface area contributed by atoms with E-state index in [-0.39, 0.29) is 11.7 Å². The van der Waals surface area contributed by atoms with E-state index in [0.717, 1.165) is 52.9 Å². The van der Waals surface area contributed by atoms with E-state index in [4.69, 9.17) is 5.73 Å². The molecular formula is C25H26F2N4O. The van der Waals surface area contributed by atoms with Crippen LogP contribution >= 0.6 is 0 Å². The minimum Gasteiger partial charge on any atom is -0.370 e. The number of hydrogen-bond acceptors (Lipinski definition) is 4. The minimum atomic E-state index is -1.02. The molecule has 0 bridgehead atoms. The second-order valence-electron chi connectivity index (χ2n) is 8.37. The summed E-state index contributed by atoms with van der Waals surface area (Å²) < 4.78 is 26.9. The number of nitrogens with two attached hydrogens (primary N) is 1. The predicted molar refractivity (Wildman–Crippen MR) is 123 cm³/mol. The summed E-state index contributed by atoms with van der Waals surface area (Å²) in [5.41, 5.74) is 11.5. The lowest BCUT2D eigenvalue weighted by Crippen LogP contribution is -2.40. The molecule has 1 amide bonds. The summed E-state index contributed by atoms with van der Waals surface area (Å²) in [5.74, 6) is -2.42. The van der Waals surface area contributed by atoms with Crippen LogP contribution in [0.25, 0.3) is 11.1 Å². The second kappa shape index (κ2) is 9.04. The molecule has 2 aromatic carbocycles. The molecule has 5 nitrogen and oxygen atoms in total. The number of nitrogens with one attached hydrogen (secondary N) is 1. The minimum absolute atomic E-state index is 0.136. The van der Waals surface area contributed by atoms with E-state index >= 15 is 0 Å². The molecule has 2 heterocycles. The van der Waals surface area contributed by atoms with Gasteiger partial charge >= 0.3 is 0 Å². The van der Waals surface area contributed by atoms with Gasteiger partial charge in [-0.15, -0.1) is 0 Å². The largest absolute Gasteiger partial charge is 0.370 e. The first-order valence-corrected chi connectivity index (χ1v) is 10.7. The van der Waals surface area contributed by atoms with Crippen molar-refractivity contribution in [3.05, 3.63) is 77.1 Å². The fraction of sp³-hybridized carbons (Fsp3) is 0.280. The van der Waals surface area contributed by atoms with Gasteiger partial charge in [-0.05, 0) is 44.4 Å². The third-order valence-electron chi connectivity index (χ3n) is 5.73. The van der Waals surface area contributed by atoms with Crippen LogP contribution < -0.4 is 16.0 Å². The van der Waals surface area contributed by atoms with Crippen molar-refractivity contribution < 1.29 is 13.6 Å². The van der Waals surface area contributed by atoms with Crippen LogP contribution in [-0.2, 0) is 0 Å². The standard InChI is InChI=1S/C25H26F2N4O/c1-15-9-16(2)11-17(10-15)20-13-29-14-21(24(20)31-7-5-18(28)6-8-31)25(32)30-19-3-4-22(26)23(27)12-19/h3-4,9-14,18H,5-8,28H2,1-2H3,(H,30,32). The van der Waals surface area contributed by atoms with Crippen molar-refractivity contribution in [2.24, 2.45) is 5.73 Å². The topological polar surface area (TPSA) is 71.2 Å². The number of aromatic nitrogens is 1. The van der Waals surface area contributed by atoms with Gasteiger partial charge in [0.05, 0.1) is 11.3 Å². The number of rotatable bonds is 4. The van der Waals surface area contributed by atoms with Crippen LogP contribution in [-0.4, -0.2) is 30.0 Å². The Morgan fingerprint density at radius 2 is 1.72 bits per heavy atom. The summed E-state index contributed by atoms with van der Waals surface area (Å²) in [6.07, 6.45) is 4.93. The molecule has 1 aliphatic heterocycles. The second-order valence-corrected chi connectivity index (χ2v) is 8.37. The van der Waals surface area contributed by atoms with Gasteiger partial charge < -0.3 is 16.0 Å². The van der Waals surface area contributed by atoms with Crippen molar-refractivity contribution in [3.8, 4) is 11.1 Å². The molecule has 1 saturated heterocycles. The molecule has 1 aliphatic rings. The Balaban J connectivity index is 1.78. The monoisotopic (exact) mass is 436 g/mol. The summed E-state index contributed by atoms with van der Waals surface area (Å²) in [6, 6.07) is 9.65. The van der Waals surface area contributed by atoms with Gasteiger partial charge in [-0.25, -0.2) is 8.78 Å². The molecule has 32 heavy (non-hydrogen) atoms. The number of pyridine rings is 1. The Kier molecular flexibility index (Phi) is 6.19. The third-order valence-corrected chi connectivity index (χ3v) is 5.73. The number of benzene rings is 2. The maximum absolute atomic E-state index is 13.6. The fourth-order valence-corrected chi connectivity index (χ4v) is 4.20. The Morgan fingerprint density at radius 3 is 2.38 bits per heavy atom. The molecule has 0 spiro atoms. The van der Waals surface area contributed by atoms with Crippen LogP contribution in [0, 0.1) is 25.5 Å². The van der Waals surface area contributed by atoms with Crippen molar-refractivity contribution >= 4 is 17.3 Å². The van der Waals surface area contributed by atoms with E-state index in [1.54, 1.807) is 6.20 Å². The number of halogens is 2. The van der Waals surface area contributed by atoms with Gasteiger partial charge in [0.1, 0.15) is 0 Å². The first-order chi connectivity index (χ1) is 15.3. The first kappa shape index (κ1) is 21.9. The highest BCUT2D eigenvalue weighted by Gasteiger charge is 2.25. The van der Waals surface area contributed by atoms with Crippen molar-refractivity contribution in [2.75, 3.05) is 23.3 Å². The third kappa shape index (κ3) is 4.62. The molecule has 4 rings (SSSR count). The number of piperidine rings is 1. The van der Waals surface area contributed by atoms with Crippen molar-refractivity contribution in [1.29, 1.82) is 0 Å². The van der Waals surface area contributed by atoms with Gasteiger partial charge in [0.25, 0.3) is 5.91 Å². The zero-order chi connectivity index (χ0) is 22.8. The lowest BCUT2D eigenvalue weighted by molar-refractivity contribution is 0.102. The number of amides is 1. The molecule has 0 radical (unpaired) electrons. The zero-order valence-electron chi connectivity index (χ0n) is 18.2. The van der Waals surface area contributed by atoms with E-state index in [2.05, 4.69) is 33.4 Å². The quantitative estimate of drug-likeness (QED) is 0.615. The highest BCUT2D eigenvalue weighted by atomic mass is 19.2. The average Bonchev–Trinajstić information content (AvgIpc) is 2.76. The Hall–Kier alpha value is -3.32. The molecular weight excluding hydrogens is 410 g/mol. The number of nitrogens with zero attached hydrogens (tertiary/aromatic N) is 2. The Morgan fingerprint density at radius 1 is 1.03 bits per heavy atom. The molecule has 3 N–H and O–H groups in total. The molecule has 166 valence electrons. The van der Waals surface area contributed by atoms with E-state index in [1.165, 1.54) is 12.3 Å². The Labute approximate surface area is 186 Å². The van der Waals surface area contributed by atoms with Crippen LogP contribution in [0.5, 0.6) is 0 Å². The van der Waals surface area contributed by atoms with Gasteiger partial charge in [0.2, 0.25) is 0 Å². The molecule has 0 aliphatic carbocycles. The maximum Gasteiger partial charge on any atom is 0.259 e. The fourth-order valence-electron chi connectivity index (χ4n) is 4.20. The van der Waals surface area contributed by atoms with Crippen molar-refractivity contribution in [3.63, 3.8) is 0 Å². The van der Waals surface area contributed by atoms with E-state index < -0.39 is 17.5 Å². The van der Waals surface area contributed by atoms with Crippen LogP contribution in [0.3, 0.4) is 0 Å². The van der Waals surface area contributed by atoms with Crippen LogP contribution in [0.15, 0.2) is 48.8 Å². The number of aryl methyl sites for hydroxylation is 2. The number of carbonyl (C=O) groups is 1. The SMILES string of the molecule is Cc1cc(C)cc(-c2cncc(C(=O)Nc3ccc(F)c(F)c3)c2N2CCC(N)CC2)c1. The van der Waals surface area contributed by atoms with Crippen molar-refractivity contribution in [1.82, 2.24) is 4.98 Å². The molecule has 7 heteroatoms. The van der Waals surface area contributed by atoms with Gasteiger partial charge in [-0.2, -0.15) is 0 Å². The molecule has 0 atom stereocenters. The molecule has 1 fully saturated rings. The average molecular weight is 437 g/mol. The zero-order valence-corrected chi connectivity index (χ0v) is 18.2.